The molecule has 0 atom stereocenters. The number of hydrogen-bond donors (Lipinski definition) is 1. The molecule has 4 rings (SSSR count). The Kier molecular flexibility index (Phi) is 4.42. The third-order valence-corrected chi connectivity index (χ3v) is 4.77. The molecule has 1 fully saturated rings. The Bertz CT molecular complexity index is 897. The van der Waals surface area contributed by atoms with Crippen molar-refractivity contribution in [2.75, 3.05) is 13.1 Å². The lowest BCUT2D eigenvalue weighted by atomic mass is 10.0. The second-order valence-corrected chi connectivity index (χ2v) is 6.73. The Morgan fingerprint density at radius 2 is 1.88 bits per heavy atom. The van der Waals surface area contributed by atoms with E-state index < -0.39 is 0 Å². The van der Waals surface area contributed by atoms with Crippen LogP contribution in [0.3, 0.4) is 0 Å². The fourth-order valence-corrected chi connectivity index (χ4v) is 3.34. The molecule has 6 heteroatoms. The van der Waals surface area contributed by atoms with Crippen molar-refractivity contribution in [2.24, 2.45) is 0 Å². The minimum absolute atomic E-state index is 0.0901. The quantitative estimate of drug-likeness (QED) is 0.778. The molecule has 0 bridgehead atoms. The standard InChI is InChI=1S/C19H19ClN4O/c20-16-6-4-14(5-7-16)17-12-15(13-23-11-8-21-18(17)23)19(25)22-24-9-2-1-3-10-24/h4-8,11-13H,1-3,9-10H2,(H,22,25). The second-order valence-electron chi connectivity index (χ2n) is 6.30. The van der Waals surface area contributed by atoms with Gasteiger partial charge in [-0.15, -0.1) is 0 Å². The molecule has 2 aromatic heterocycles. The van der Waals surface area contributed by atoms with Crippen molar-refractivity contribution in [3.63, 3.8) is 0 Å². The smallest absolute Gasteiger partial charge is 0.267 e. The number of piperidine rings is 1. The van der Waals surface area contributed by atoms with Crippen molar-refractivity contribution < 1.29 is 4.79 Å². The Balaban J connectivity index is 1.69. The summed E-state index contributed by atoms with van der Waals surface area (Å²) in [5, 5.41) is 2.69. The number of aromatic nitrogens is 2. The maximum Gasteiger partial charge on any atom is 0.267 e. The van der Waals surface area contributed by atoms with Crippen molar-refractivity contribution in [2.45, 2.75) is 19.3 Å². The number of nitrogens with one attached hydrogen (secondary N) is 1. The summed E-state index contributed by atoms with van der Waals surface area (Å²) in [6, 6.07) is 9.47. The molecule has 1 saturated heterocycles. The van der Waals surface area contributed by atoms with E-state index in [4.69, 9.17) is 11.6 Å². The number of halogens is 1. The molecule has 1 aromatic carbocycles. The number of hydrogen-bond acceptors (Lipinski definition) is 3. The summed E-state index contributed by atoms with van der Waals surface area (Å²) < 4.78 is 1.88. The zero-order chi connectivity index (χ0) is 17.2. The van der Waals surface area contributed by atoms with Gasteiger partial charge in [-0.2, -0.15) is 0 Å². The third-order valence-electron chi connectivity index (χ3n) is 4.52. The molecule has 5 nitrogen and oxygen atoms in total. The summed E-state index contributed by atoms with van der Waals surface area (Å²) in [5.41, 5.74) is 6.34. The van der Waals surface area contributed by atoms with Crippen LogP contribution in [0.25, 0.3) is 16.8 Å². The molecule has 1 amide bonds. The van der Waals surface area contributed by atoms with Gasteiger partial charge >= 0.3 is 0 Å². The van der Waals surface area contributed by atoms with Gasteiger partial charge in [0.2, 0.25) is 0 Å². The van der Waals surface area contributed by atoms with Crippen molar-refractivity contribution in [3.05, 3.63) is 59.5 Å². The predicted molar refractivity (Wildman–Crippen MR) is 98.5 cm³/mol. The molecular formula is C19H19ClN4O. The van der Waals surface area contributed by atoms with Crippen LogP contribution in [0.2, 0.25) is 5.02 Å². The monoisotopic (exact) mass is 354 g/mol. The van der Waals surface area contributed by atoms with E-state index in [1.807, 2.05) is 52.1 Å². The average Bonchev–Trinajstić information content (AvgIpc) is 3.11. The summed E-state index contributed by atoms with van der Waals surface area (Å²) in [5.74, 6) is -0.0901. The molecule has 25 heavy (non-hydrogen) atoms. The number of rotatable bonds is 3. The first-order valence-electron chi connectivity index (χ1n) is 8.49. The van der Waals surface area contributed by atoms with Gasteiger partial charge in [0.15, 0.2) is 0 Å². The van der Waals surface area contributed by atoms with Crippen LogP contribution >= 0.6 is 11.6 Å². The van der Waals surface area contributed by atoms with E-state index in [2.05, 4.69) is 10.4 Å². The number of pyridine rings is 1. The second kappa shape index (κ2) is 6.86. The first-order chi connectivity index (χ1) is 12.2. The van der Waals surface area contributed by atoms with E-state index in [9.17, 15) is 4.79 Å². The summed E-state index contributed by atoms with van der Waals surface area (Å²) >= 11 is 6.00. The first-order valence-corrected chi connectivity index (χ1v) is 8.87. The highest BCUT2D eigenvalue weighted by molar-refractivity contribution is 6.30. The van der Waals surface area contributed by atoms with Crippen molar-refractivity contribution in [1.82, 2.24) is 19.8 Å². The van der Waals surface area contributed by atoms with Gasteiger partial charge in [-0.1, -0.05) is 30.2 Å². The maximum atomic E-state index is 12.7. The number of carbonyl (C=O) groups excluding carboxylic acids is 1. The first kappa shape index (κ1) is 16.1. The van der Waals surface area contributed by atoms with E-state index in [0.29, 0.717) is 10.6 Å². The van der Waals surface area contributed by atoms with Crippen LogP contribution in [0, 0.1) is 0 Å². The van der Waals surface area contributed by atoms with Gasteiger partial charge < -0.3 is 4.40 Å². The lowest BCUT2D eigenvalue weighted by molar-refractivity contribution is 0.0749. The lowest BCUT2D eigenvalue weighted by Crippen LogP contribution is -2.45. The molecule has 3 heterocycles. The Hall–Kier alpha value is -2.37. The van der Waals surface area contributed by atoms with Crippen LogP contribution in [-0.2, 0) is 0 Å². The molecule has 3 aromatic rings. The van der Waals surface area contributed by atoms with E-state index in [1.165, 1.54) is 6.42 Å². The topological polar surface area (TPSA) is 49.6 Å². The largest absolute Gasteiger partial charge is 0.306 e. The Morgan fingerprint density at radius 3 is 2.64 bits per heavy atom. The van der Waals surface area contributed by atoms with Gasteiger partial charge in [-0.25, -0.2) is 9.99 Å². The van der Waals surface area contributed by atoms with Crippen LogP contribution in [-0.4, -0.2) is 33.4 Å². The molecule has 1 N–H and O–H groups in total. The number of carbonyl (C=O) groups is 1. The number of imidazole rings is 1. The molecule has 1 aliphatic heterocycles. The summed E-state index contributed by atoms with van der Waals surface area (Å²) in [6.45, 7) is 1.81. The minimum Gasteiger partial charge on any atom is -0.306 e. The Morgan fingerprint density at radius 1 is 1.12 bits per heavy atom. The van der Waals surface area contributed by atoms with Crippen LogP contribution in [0.4, 0.5) is 0 Å². The normalized spacial score (nSPS) is 15.4. The predicted octanol–water partition coefficient (Wildman–Crippen LogP) is 3.79. The van der Waals surface area contributed by atoms with E-state index >= 15 is 0 Å². The third kappa shape index (κ3) is 3.38. The summed E-state index contributed by atoms with van der Waals surface area (Å²) in [4.78, 5) is 17.1. The van der Waals surface area contributed by atoms with Crippen molar-refractivity contribution in [3.8, 4) is 11.1 Å². The maximum absolute atomic E-state index is 12.7. The highest BCUT2D eigenvalue weighted by Crippen LogP contribution is 2.26. The van der Waals surface area contributed by atoms with Crippen LogP contribution < -0.4 is 5.43 Å². The zero-order valence-corrected chi connectivity index (χ0v) is 14.5. The Labute approximate surface area is 151 Å². The van der Waals surface area contributed by atoms with Gasteiger partial charge in [0.05, 0.1) is 5.56 Å². The minimum atomic E-state index is -0.0901. The summed E-state index contributed by atoms with van der Waals surface area (Å²) in [7, 11) is 0. The van der Waals surface area contributed by atoms with Gasteiger partial charge in [-0.05, 0) is 36.6 Å². The molecule has 0 saturated carbocycles. The molecule has 128 valence electrons. The highest BCUT2D eigenvalue weighted by Gasteiger charge is 2.16. The van der Waals surface area contributed by atoms with Gasteiger partial charge in [0.25, 0.3) is 5.91 Å². The van der Waals surface area contributed by atoms with Gasteiger partial charge in [-0.3, -0.25) is 10.2 Å². The van der Waals surface area contributed by atoms with Crippen LogP contribution in [0.5, 0.6) is 0 Å². The number of nitrogens with zero attached hydrogens (tertiary/aromatic N) is 3. The summed E-state index contributed by atoms with van der Waals surface area (Å²) in [6.07, 6.45) is 8.89. The molecule has 0 spiro atoms. The fraction of sp³-hybridized carbons (Fsp3) is 0.263. The SMILES string of the molecule is O=C(NN1CCCCC1)c1cc(-c2ccc(Cl)cc2)c2nccn2c1. The molecule has 1 aliphatic rings. The molecule has 0 radical (unpaired) electrons. The van der Waals surface area contributed by atoms with Crippen molar-refractivity contribution >= 4 is 23.2 Å². The van der Waals surface area contributed by atoms with Crippen LogP contribution in [0.1, 0.15) is 29.6 Å². The zero-order valence-electron chi connectivity index (χ0n) is 13.8. The number of amides is 1. The fourth-order valence-electron chi connectivity index (χ4n) is 3.21. The lowest BCUT2D eigenvalue weighted by Gasteiger charge is -2.26. The number of fused-ring (bicyclic) bond motifs is 1. The van der Waals surface area contributed by atoms with E-state index in [0.717, 1.165) is 42.7 Å². The molecular weight excluding hydrogens is 336 g/mol. The molecule has 0 unspecified atom stereocenters. The highest BCUT2D eigenvalue weighted by atomic mass is 35.5. The number of hydrazine groups is 1. The van der Waals surface area contributed by atoms with Gasteiger partial charge in [0, 0.05) is 42.3 Å². The van der Waals surface area contributed by atoms with Crippen LogP contribution in [0.15, 0.2) is 48.9 Å². The van der Waals surface area contributed by atoms with E-state index in [1.54, 1.807) is 6.20 Å². The average molecular weight is 355 g/mol. The molecule has 0 aliphatic carbocycles. The van der Waals surface area contributed by atoms with Gasteiger partial charge in [0.1, 0.15) is 5.65 Å². The number of benzene rings is 1. The van der Waals surface area contributed by atoms with Crippen molar-refractivity contribution in [1.29, 1.82) is 0 Å². The van der Waals surface area contributed by atoms with E-state index in [-0.39, 0.29) is 5.91 Å².